The Balaban J connectivity index is 1.19. The van der Waals surface area contributed by atoms with Crippen molar-refractivity contribution in [3.8, 4) is 5.75 Å². The first kappa shape index (κ1) is 35.6. The minimum atomic E-state index is -1.50. The summed E-state index contributed by atoms with van der Waals surface area (Å²) in [5, 5.41) is 17.1. The van der Waals surface area contributed by atoms with Gasteiger partial charge in [0.15, 0.2) is 11.9 Å². The predicted molar refractivity (Wildman–Crippen MR) is 191 cm³/mol. The first-order valence-corrected chi connectivity index (χ1v) is 17.3. The number of amides is 3. The zero-order chi connectivity index (χ0) is 36.2. The molecule has 14 heteroatoms. The van der Waals surface area contributed by atoms with Gasteiger partial charge in [-0.25, -0.2) is 14.8 Å². The van der Waals surface area contributed by atoms with Crippen LogP contribution in [0, 0.1) is 0 Å². The average molecular weight is 696 g/mol. The molecule has 14 nitrogen and oxygen atoms in total. The zero-order valence-electron chi connectivity index (χ0n) is 29.7. The van der Waals surface area contributed by atoms with Crippen molar-refractivity contribution in [2.24, 2.45) is 0 Å². The lowest BCUT2D eigenvalue weighted by Crippen LogP contribution is -2.49. The fraction of sp³-hybridized carbons (Fsp3) is 0.432. The Morgan fingerprint density at radius 2 is 1.90 bits per heavy atom. The fourth-order valence-electron chi connectivity index (χ4n) is 6.09. The van der Waals surface area contributed by atoms with Gasteiger partial charge in [-0.2, -0.15) is 0 Å². The highest BCUT2D eigenvalue weighted by Gasteiger charge is 2.38. The number of carbonyl (C=O) groups excluding carboxylic acids is 3. The lowest BCUT2D eigenvalue weighted by molar-refractivity contribution is -0.111. The molecule has 0 spiro atoms. The molecule has 3 atom stereocenters. The Morgan fingerprint density at radius 1 is 1.12 bits per heavy atom. The molecule has 1 aromatic carbocycles. The highest BCUT2D eigenvalue weighted by Crippen LogP contribution is 2.37. The summed E-state index contributed by atoms with van der Waals surface area (Å²) in [5.41, 5.74) is 0.625. The molecule has 6 rings (SSSR count). The predicted octanol–water partition coefficient (Wildman–Crippen LogP) is 4.30. The number of urea groups is 1. The number of aldehydes is 1. The number of rotatable bonds is 11. The van der Waals surface area contributed by atoms with Crippen LogP contribution in [0.15, 0.2) is 60.8 Å². The first-order valence-electron chi connectivity index (χ1n) is 17.3. The molecule has 4 aromatic rings. The van der Waals surface area contributed by atoms with Gasteiger partial charge in [0.05, 0.1) is 25.1 Å². The van der Waals surface area contributed by atoms with Crippen molar-refractivity contribution in [1.82, 2.24) is 40.1 Å². The lowest BCUT2D eigenvalue weighted by Gasteiger charge is -2.34. The number of pyridine rings is 1. The molecule has 0 unspecified atom stereocenters. The second-order valence-corrected chi connectivity index (χ2v) is 13.9. The molecule has 1 fully saturated rings. The number of nitrogens with zero attached hydrogens (tertiary/aromatic N) is 6. The van der Waals surface area contributed by atoms with Crippen LogP contribution in [-0.2, 0) is 20.5 Å². The second-order valence-electron chi connectivity index (χ2n) is 13.9. The number of nitrogens with one attached hydrogen (secondary N) is 3. The van der Waals surface area contributed by atoms with E-state index >= 15 is 0 Å². The second kappa shape index (κ2) is 15.0. The van der Waals surface area contributed by atoms with Gasteiger partial charge in [-0.3, -0.25) is 24.2 Å². The summed E-state index contributed by atoms with van der Waals surface area (Å²) in [7, 11) is 0. The van der Waals surface area contributed by atoms with Gasteiger partial charge in [0.1, 0.15) is 29.0 Å². The molecule has 3 N–H and O–H groups in total. The maximum Gasteiger partial charge on any atom is 0.321 e. The van der Waals surface area contributed by atoms with E-state index in [0.717, 1.165) is 31.0 Å². The molecule has 2 aliphatic rings. The van der Waals surface area contributed by atoms with Crippen LogP contribution in [0.4, 0.5) is 10.6 Å². The van der Waals surface area contributed by atoms with E-state index in [1.807, 2.05) is 55.6 Å². The first-order chi connectivity index (χ1) is 24.5. The molecular weight excluding hydrogens is 650 g/mol. The smallest absolute Gasteiger partial charge is 0.321 e. The van der Waals surface area contributed by atoms with Crippen molar-refractivity contribution in [1.29, 1.82) is 0 Å². The van der Waals surface area contributed by atoms with Crippen molar-refractivity contribution < 1.29 is 23.9 Å². The Hall–Kier alpha value is -5.21. The van der Waals surface area contributed by atoms with Gasteiger partial charge < -0.3 is 20.1 Å². The summed E-state index contributed by atoms with van der Waals surface area (Å²) < 4.78 is 13.8. The van der Waals surface area contributed by atoms with Crippen LogP contribution in [0.5, 0.6) is 5.75 Å². The normalized spacial score (nSPS) is 19.6. The van der Waals surface area contributed by atoms with Gasteiger partial charge in [-0.1, -0.05) is 58.9 Å². The minimum absolute atomic E-state index is 0.0614. The molecule has 4 heterocycles. The van der Waals surface area contributed by atoms with Crippen molar-refractivity contribution in [2.75, 3.05) is 44.7 Å². The lowest BCUT2D eigenvalue weighted by atomic mass is 9.81. The van der Waals surface area contributed by atoms with Crippen molar-refractivity contribution >= 4 is 29.7 Å². The molecule has 3 aromatic heterocycles. The van der Waals surface area contributed by atoms with E-state index in [2.05, 4.69) is 54.9 Å². The third-order valence-corrected chi connectivity index (χ3v) is 9.23. The van der Waals surface area contributed by atoms with E-state index < -0.39 is 29.0 Å². The third kappa shape index (κ3) is 7.92. The van der Waals surface area contributed by atoms with Crippen LogP contribution in [0.2, 0.25) is 0 Å². The summed E-state index contributed by atoms with van der Waals surface area (Å²) in [6.07, 6.45) is 6.31. The topological polar surface area (TPSA) is 165 Å². The molecule has 0 bridgehead atoms. The zero-order valence-corrected chi connectivity index (χ0v) is 29.7. The van der Waals surface area contributed by atoms with Gasteiger partial charge in [-0.05, 0) is 36.3 Å². The van der Waals surface area contributed by atoms with Gasteiger partial charge in [0.25, 0.3) is 5.91 Å². The number of benzene rings is 1. The van der Waals surface area contributed by atoms with Crippen LogP contribution < -0.4 is 20.7 Å². The van der Waals surface area contributed by atoms with E-state index in [-0.39, 0.29) is 17.6 Å². The third-order valence-electron chi connectivity index (χ3n) is 9.23. The summed E-state index contributed by atoms with van der Waals surface area (Å²) in [5.74, 6) is 1.28. The number of hydrogen-bond donors (Lipinski definition) is 3. The number of anilines is 1. The van der Waals surface area contributed by atoms with E-state index in [0.29, 0.717) is 55.2 Å². The summed E-state index contributed by atoms with van der Waals surface area (Å²) in [6, 6.07) is 11.9. The number of morpholine rings is 1. The van der Waals surface area contributed by atoms with E-state index in [9.17, 15) is 14.4 Å². The fourth-order valence-corrected chi connectivity index (χ4v) is 6.09. The van der Waals surface area contributed by atoms with Crippen LogP contribution in [0.25, 0.3) is 5.65 Å². The summed E-state index contributed by atoms with van der Waals surface area (Å²) in [6.45, 7) is 14.1. The number of hydrogen-bond acceptors (Lipinski definition) is 10. The van der Waals surface area contributed by atoms with Gasteiger partial charge in [0.2, 0.25) is 5.82 Å². The Labute approximate surface area is 297 Å². The summed E-state index contributed by atoms with van der Waals surface area (Å²) >= 11 is 0. The van der Waals surface area contributed by atoms with Crippen LogP contribution >= 0.6 is 0 Å². The van der Waals surface area contributed by atoms with Crippen molar-refractivity contribution in [2.45, 2.75) is 64.0 Å². The SMILES string of the molecule is CC[C@H](C)c1nnc2ccc(O[C@@H]3C=C[C@](C=O)(NC(=O)Nc4cc(C(C)(C)C)nc(C(=O)NCCN5CCOCC5)n4)c4ccccc43)cn12. The quantitative estimate of drug-likeness (QED) is 0.152. The van der Waals surface area contributed by atoms with Crippen LogP contribution in [-0.4, -0.2) is 87.1 Å². The van der Waals surface area contributed by atoms with Crippen LogP contribution in [0.1, 0.15) is 86.3 Å². The molecule has 51 heavy (non-hydrogen) atoms. The molecule has 0 radical (unpaired) electrons. The summed E-state index contributed by atoms with van der Waals surface area (Å²) in [4.78, 5) is 50.7. The van der Waals surface area contributed by atoms with E-state index in [1.54, 1.807) is 30.4 Å². The average Bonchev–Trinajstić information content (AvgIpc) is 3.55. The van der Waals surface area contributed by atoms with Gasteiger partial charge in [-0.15, -0.1) is 10.2 Å². The number of ether oxygens (including phenoxy) is 2. The monoisotopic (exact) mass is 695 g/mol. The largest absolute Gasteiger partial charge is 0.480 e. The molecule has 1 aliphatic carbocycles. The molecule has 1 aliphatic heterocycles. The highest BCUT2D eigenvalue weighted by molar-refractivity contribution is 5.94. The van der Waals surface area contributed by atoms with Gasteiger partial charge >= 0.3 is 6.03 Å². The Bertz CT molecular complexity index is 1930. The van der Waals surface area contributed by atoms with Crippen molar-refractivity contribution in [3.63, 3.8) is 0 Å². The highest BCUT2D eigenvalue weighted by atomic mass is 16.5. The van der Waals surface area contributed by atoms with E-state index in [4.69, 9.17) is 9.47 Å². The van der Waals surface area contributed by atoms with E-state index in [1.165, 1.54) is 0 Å². The van der Waals surface area contributed by atoms with Crippen LogP contribution in [0.3, 0.4) is 0 Å². The molecule has 0 saturated carbocycles. The van der Waals surface area contributed by atoms with Crippen molar-refractivity contribution in [3.05, 3.63) is 89.3 Å². The standard InChI is InChI=1S/C37H45N9O5/c1-6-24(2)33-44-43-31-12-11-25(22-46(31)33)51-28-13-14-37(23-47,27-10-8-7-9-26(27)28)42-35(49)41-30-21-29(36(3,4)5)39-32(40-30)34(48)38-15-16-45-17-19-50-20-18-45/h7-14,21-24,28H,6,15-20H2,1-5H3,(H,38,48)(H2,39,40,41,42,49)/t24-,28+,37+/m0/s1. The molecule has 1 saturated heterocycles. The number of fused-ring (bicyclic) bond motifs is 2. The molecule has 268 valence electrons. The minimum Gasteiger partial charge on any atom is -0.480 e. The molecular formula is C37H45N9O5. The Morgan fingerprint density at radius 3 is 2.65 bits per heavy atom. The van der Waals surface area contributed by atoms with Gasteiger partial charge in [0, 0.05) is 49.1 Å². The molecule has 3 amide bonds. The maximum absolute atomic E-state index is 13.6. The Kier molecular flexibility index (Phi) is 10.4. The number of aromatic nitrogens is 5. The number of carbonyl (C=O) groups is 3. The maximum atomic E-state index is 13.6.